The molecule has 2 heterocycles. The lowest BCUT2D eigenvalue weighted by molar-refractivity contribution is -0.919. The number of aromatic nitrogens is 1. The van der Waals surface area contributed by atoms with Gasteiger partial charge in [0.2, 0.25) is 5.91 Å². The van der Waals surface area contributed by atoms with Crippen molar-refractivity contribution < 1.29 is 18.9 Å². The molecule has 29 heavy (non-hydrogen) atoms. The van der Waals surface area contributed by atoms with Gasteiger partial charge in [0.25, 0.3) is 5.91 Å². The number of carbonyl (C=O) groups is 2. The quantitative estimate of drug-likeness (QED) is 0.614. The van der Waals surface area contributed by atoms with Crippen molar-refractivity contribution in [2.24, 2.45) is 5.73 Å². The first-order chi connectivity index (χ1) is 14.0. The van der Waals surface area contributed by atoms with Gasteiger partial charge in [-0.1, -0.05) is 12.1 Å². The first-order valence-corrected chi connectivity index (χ1v) is 9.92. The van der Waals surface area contributed by atoms with Crippen molar-refractivity contribution in [2.75, 3.05) is 18.4 Å². The van der Waals surface area contributed by atoms with Crippen molar-refractivity contribution in [3.63, 3.8) is 0 Å². The third-order valence-corrected chi connectivity index (χ3v) is 5.73. The minimum Gasteiger partial charge on any atom is -0.440 e. The highest BCUT2D eigenvalue weighted by Crippen LogP contribution is 2.26. The van der Waals surface area contributed by atoms with Crippen LogP contribution in [0, 0.1) is 0 Å². The number of carbonyl (C=O) groups excluding carboxylic acids is 2. The van der Waals surface area contributed by atoms with Crippen LogP contribution in [0.25, 0.3) is 11.1 Å². The van der Waals surface area contributed by atoms with Crippen LogP contribution >= 0.6 is 0 Å². The Labute approximate surface area is 168 Å². The molecule has 2 aromatic carbocycles. The molecule has 0 unspecified atom stereocenters. The van der Waals surface area contributed by atoms with Gasteiger partial charge in [-0.25, -0.2) is 4.98 Å². The van der Waals surface area contributed by atoms with Gasteiger partial charge in [-0.2, -0.15) is 0 Å². The van der Waals surface area contributed by atoms with Crippen LogP contribution in [0.15, 0.2) is 52.9 Å². The number of oxazole rings is 1. The Morgan fingerprint density at radius 3 is 2.48 bits per heavy atom. The van der Waals surface area contributed by atoms with E-state index in [-0.39, 0.29) is 11.9 Å². The van der Waals surface area contributed by atoms with Crippen LogP contribution in [0.1, 0.15) is 41.9 Å². The second-order valence-corrected chi connectivity index (χ2v) is 7.60. The number of fused-ring (bicyclic) bond motifs is 1. The Morgan fingerprint density at radius 1 is 1.14 bits per heavy atom. The van der Waals surface area contributed by atoms with Gasteiger partial charge in [-0.15, -0.1) is 0 Å². The summed E-state index contributed by atoms with van der Waals surface area (Å²) in [5.74, 6) is 0.578. The Kier molecular flexibility index (Phi) is 5.31. The maximum absolute atomic E-state index is 12.6. The van der Waals surface area contributed by atoms with E-state index in [1.807, 2.05) is 31.2 Å². The zero-order chi connectivity index (χ0) is 20.4. The number of benzene rings is 2. The molecule has 1 aromatic heterocycles. The Balaban J connectivity index is 1.33. The summed E-state index contributed by atoms with van der Waals surface area (Å²) in [5, 5.41) is 2.92. The SMILES string of the molecule is C[C@H](C(=O)Nc1ccc(C(N)=O)cc1)[NH+]1CCC(c2nc3ccccc3o2)CC1. The summed E-state index contributed by atoms with van der Waals surface area (Å²) in [6.45, 7) is 3.72. The van der Waals surface area contributed by atoms with Gasteiger partial charge in [0.1, 0.15) is 5.52 Å². The number of amides is 2. The third kappa shape index (κ3) is 4.14. The summed E-state index contributed by atoms with van der Waals surface area (Å²) in [6.07, 6.45) is 1.88. The van der Waals surface area contributed by atoms with Gasteiger partial charge in [0.15, 0.2) is 17.5 Å². The molecule has 0 spiro atoms. The van der Waals surface area contributed by atoms with E-state index in [1.165, 1.54) is 4.90 Å². The summed E-state index contributed by atoms with van der Waals surface area (Å²) in [6, 6.07) is 14.3. The van der Waals surface area contributed by atoms with E-state index in [0.717, 1.165) is 42.9 Å². The predicted molar refractivity (Wildman–Crippen MR) is 110 cm³/mol. The van der Waals surface area contributed by atoms with E-state index < -0.39 is 5.91 Å². The van der Waals surface area contributed by atoms with Gasteiger partial charge in [-0.05, 0) is 43.3 Å². The van der Waals surface area contributed by atoms with Crippen LogP contribution < -0.4 is 16.0 Å². The Morgan fingerprint density at radius 2 is 1.83 bits per heavy atom. The lowest BCUT2D eigenvalue weighted by Gasteiger charge is -2.31. The average molecular weight is 393 g/mol. The lowest BCUT2D eigenvalue weighted by Crippen LogP contribution is -3.17. The number of hydrogen-bond donors (Lipinski definition) is 3. The number of nitrogens with zero attached hydrogens (tertiary/aromatic N) is 1. The van der Waals surface area contributed by atoms with E-state index in [9.17, 15) is 9.59 Å². The molecule has 1 fully saturated rings. The first kappa shape index (κ1) is 19.1. The molecule has 1 saturated heterocycles. The molecule has 1 aliphatic rings. The highest BCUT2D eigenvalue weighted by Gasteiger charge is 2.32. The summed E-state index contributed by atoms with van der Waals surface area (Å²) in [4.78, 5) is 29.7. The van der Waals surface area contributed by atoms with Gasteiger partial charge < -0.3 is 20.4 Å². The molecular weight excluding hydrogens is 368 g/mol. The molecule has 0 bridgehead atoms. The zero-order valence-corrected chi connectivity index (χ0v) is 16.4. The molecule has 0 saturated carbocycles. The van der Waals surface area contributed by atoms with Crippen LogP contribution in [-0.2, 0) is 4.79 Å². The van der Waals surface area contributed by atoms with E-state index in [1.54, 1.807) is 24.3 Å². The van der Waals surface area contributed by atoms with Crippen molar-refractivity contribution in [1.82, 2.24) is 4.98 Å². The highest BCUT2D eigenvalue weighted by molar-refractivity contribution is 5.95. The van der Waals surface area contributed by atoms with E-state index >= 15 is 0 Å². The largest absolute Gasteiger partial charge is 0.440 e. The molecule has 1 atom stereocenters. The van der Waals surface area contributed by atoms with Gasteiger partial charge in [-0.3, -0.25) is 9.59 Å². The Bertz CT molecular complexity index is 987. The van der Waals surface area contributed by atoms with Crippen molar-refractivity contribution in [3.8, 4) is 0 Å². The number of likely N-dealkylation sites (tertiary alicyclic amines) is 1. The first-order valence-electron chi connectivity index (χ1n) is 9.92. The van der Waals surface area contributed by atoms with Crippen molar-refractivity contribution in [3.05, 3.63) is 60.0 Å². The van der Waals surface area contributed by atoms with Gasteiger partial charge in [0.05, 0.1) is 13.1 Å². The molecule has 7 nitrogen and oxygen atoms in total. The molecule has 4 rings (SSSR count). The number of hydrogen-bond acceptors (Lipinski definition) is 4. The second kappa shape index (κ2) is 8.05. The van der Waals surface area contributed by atoms with Gasteiger partial charge >= 0.3 is 0 Å². The fourth-order valence-corrected chi connectivity index (χ4v) is 3.89. The number of rotatable bonds is 5. The Hall–Kier alpha value is -3.19. The molecule has 1 aliphatic heterocycles. The fraction of sp³-hybridized carbons (Fsp3) is 0.318. The predicted octanol–water partition coefficient (Wildman–Crippen LogP) is 1.72. The molecule has 4 N–H and O–H groups in total. The maximum atomic E-state index is 12.6. The lowest BCUT2D eigenvalue weighted by atomic mass is 9.95. The number of piperidine rings is 1. The van der Waals surface area contributed by atoms with E-state index in [0.29, 0.717) is 17.2 Å². The van der Waals surface area contributed by atoms with Crippen LogP contribution in [0.4, 0.5) is 5.69 Å². The molecular formula is C22H25N4O3+. The second-order valence-electron chi connectivity index (χ2n) is 7.60. The van der Waals surface area contributed by atoms with Crippen LogP contribution in [0.2, 0.25) is 0 Å². The van der Waals surface area contributed by atoms with Crippen molar-refractivity contribution >= 4 is 28.6 Å². The number of anilines is 1. The molecule has 150 valence electrons. The minimum absolute atomic E-state index is 0.0351. The number of quaternary nitrogens is 1. The number of nitrogens with two attached hydrogens (primary N) is 1. The standard InChI is InChI=1S/C22H24N4O3/c1-14(21(28)24-17-8-6-15(7-9-17)20(23)27)26-12-10-16(11-13-26)22-25-18-4-2-3-5-19(18)29-22/h2-9,14,16H,10-13H2,1H3,(H2,23,27)(H,24,28)/p+1/t14-/m1/s1. The van der Waals surface area contributed by atoms with Crippen LogP contribution in [-0.4, -0.2) is 35.9 Å². The normalized spacial score (nSPS) is 20.3. The number of para-hydroxylation sites is 2. The summed E-state index contributed by atoms with van der Waals surface area (Å²) in [5.41, 5.74) is 8.05. The van der Waals surface area contributed by atoms with Crippen molar-refractivity contribution in [2.45, 2.75) is 31.7 Å². The fourth-order valence-electron chi connectivity index (χ4n) is 3.89. The summed E-state index contributed by atoms with van der Waals surface area (Å²) >= 11 is 0. The van der Waals surface area contributed by atoms with Crippen molar-refractivity contribution in [1.29, 1.82) is 0 Å². The third-order valence-electron chi connectivity index (χ3n) is 5.73. The average Bonchev–Trinajstić information content (AvgIpc) is 3.18. The number of nitrogens with one attached hydrogen (secondary N) is 2. The number of primary amides is 1. The van der Waals surface area contributed by atoms with E-state index in [2.05, 4.69) is 10.3 Å². The topological polar surface area (TPSA) is 103 Å². The molecule has 7 heteroatoms. The molecule has 2 amide bonds. The summed E-state index contributed by atoms with van der Waals surface area (Å²) in [7, 11) is 0. The summed E-state index contributed by atoms with van der Waals surface area (Å²) < 4.78 is 5.92. The molecule has 0 aliphatic carbocycles. The molecule has 3 aromatic rings. The van der Waals surface area contributed by atoms with E-state index in [4.69, 9.17) is 10.2 Å². The molecule has 0 radical (unpaired) electrons. The monoisotopic (exact) mass is 393 g/mol. The smallest absolute Gasteiger partial charge is 0.282 e. The van der Waals surface area contributed by atoms with Crippen LogP contribution in [0.5, 0.6) is 0 Å². The maximum Gasteiger partial charge on any atom is 0.282 e. The highest BCUT2D eigenvalue weighted by atomic mass is 16.3. The zero-order valence-electron chi connectivity index (χ0n) is 16.4. The van der Waals surface area contributed by atoms with Gasteiger partial charge in [0, 0.05) is 30.0 Å². The minimum atomic E-state index is -0.484. The van der Waals surface area contributed by atoms with Crippen LogP contribution in [0.3, 0.4) is 0 Å².